The lowest BCUT2D eigenvalue weighted by molar-refractivity contribution is 0.227. The standard InChI is InChI=1S/C30H40N2/c1-8-10-11-25(6)31-19-18-30(28-16-13-26(14-17-28)20-23(3)4)32(7)22-29-21-24(5)12-15-27(29)9-2/h8-17,21,23,30H,1-2,18-20,22H2,3-7H3/b11-10-,31-25?. The van der Waals surface area contributed by atoms with Crippen molar-refractivity contribution in [3.8, 4) is 0 Å². The van der Waals surface area contributed by atoms with Crippen LogP contribution >= 0.6 is 0 Å². The fourth-order valence-corrected chi connectivity index (χ4v) is 4.06. The van der Waals surface area contributed by atoms with Crippen LogP contribution < -0.4 is 0 Å². The number of benzene rings is 2. The molecular weight excluding hydrogens is 388 g/mol. The Morgan fingerprint density at radius 3 is 2.44 bits per heavy atom. The van der Waals surface area contributed by atoms with E-state index < -0.39 is 0 Å². The number of hydrogen-bond donors (Lipinski definition) is 0. The summed E-state index contributed by atoms with van der Waals surface area (Å²) in [6.45, 7) is 18.1. The van der Waals surface area contributed by atoms with Gasteiger partial charge in [-0.2, -0.15) is 0 Å². The SMILES string of the molecule is C=C/C=C\C(C)=NCCC(c1ccc(CC(C)C)cc1)N(C)Cc1cc(C)ccc1C=C. The van der Waals surface area contributed by atoms with Gasteiger partial charge in [0.05, 0.1) is 0 Å². The van der Waals surface area contributed by atoms with E-state index in [0.29, 0.717) is 12.0 Å². The molecule has 2 heteroatoms. The average molecular weight is 429 g/mol. The molecule has 0 heterocycles. The molecule has 0 radical (unpaired) electrons. The smallest absolute Gasteiger partial charge is 0.0410 e. The maximum atomic E-state index is 4.76. The zero-order chi connectivity index (χ0) is 23.5. The third kappa shape index (κ3) is 8.09. The maximum Gasteiger partial charge on any atom is 0.0410 e. The van der Waals surface area contributed by atoms with Crippen molar-refractivity contribution in [2.75, 3.05) is 13.6 Å². The quantitative estimate of drug-likeness (QED) is 0.251. The summed E-state index contributed by atoms with van der Waals surface area (Å²) in [7, 11) is 2.22. The Balaban J connectivity index is 2.26. The Labute approximate surface area is 196 Å². The van der Waals surface area contributed by atoms with E-state index in [2.05, 4.69) is 88.3 Å². The minimum atomic E-state index is 0.293. The predicted octanol–water partition coefficient (Wildman–Crippen LogP) is 7.60. The van der Waals surface area contributed by atoms with E-state index in [0.717, 1.165) is 31.6 Å². The molecule has 0 aliphatic heterocycles. The second-order valence-corrected chi connectivity index (χ2v) is 9.08. The normalized spacial score (nSPS) is 13.2. The first-order valence-electron chi connectivity index (χ1n) is 11.6. The van der Waals surface area contributed by atoms with Crippen LogP contribution in [-0.2, 0) is 13.0 Å². The molecule has 0 saturated heterocycles. The van der Waals surface area contributed by atoms with Crippen molar-refractivity contribution in [1.82, 2.24) is 4.90 Å². The molecular formula is C30H40N2. The first-order valence-corrected chi connectivity index (χ1v) is 11.6. The van der Waals surface area contributed by atoms with Gasteiger partial charge in [-0.15, -0.1) is 0 Å². The van der Waals surface area contributed by atoms with Gasteiger partial charge in [-0.1, -0.05) is 93.3 Å². The fraction of sp³-hybridized carbons (Fsp3) is 0.367. The van der Waals surface area contributed by atoms with Crippen molar-refractivity contribution in [1.29, 1.82) is 0 Å². The zero-order valence-corrected chi connectivity index (χ0v) is 20.6. The molecule has 0 aliphatic carbocycles. The van der Waals surface area contributed by atoms with Gasteiger partial charge < -0.3 is 0 Å². The van der Waals surface area contributed by atoms with Gasteiger partial charge >= 0.3 is 0 Å². The molecule has 0 aliphatic rings. The topological polar surface area (TPSA) is 15.6 Å². The molecule has 0 fully saturated rings. The summed E-state index contributed by atoms with van der Waals surface area (Å²) >= 11 is 0. The third-order valence-electron chi connectivity index (χ3n) is 5.72. The molecule has 0 bridgehead atoms. The van der Waals surface area contributed by atoms with Gasteiger partial charge in [0.2, 0.25) is 0 Å². The second-order valence-electron chi connectivity index (χ2n) is 9.08. The van der Waals surface area contributed by atoms with E-state index in [4.69, 9.17) is 4.99 Å². The largest absolute Gasteiger partial charge is 0.295 e. The molecule has 0 N–H and O–H groups in total. The molecule has 170 valence electrons. The summed E-state index contributed by atoms with van der Waals surface area (Å²) in [6.07, 6.45) is 9.77. The van der Waals surface area contributed by atoms with Gasteiger partial charge in [-0.3, -0.25) is 9.89 Å². The van der Waals surface area contributed by atoms with Gasteiger partial charge in [0.15, 0.2) is 0 Å². The Hall–Kier alpha value is -2.71. The molecule has 0 saturated carbocycles. The summed E-state index contributed by atoms with van der Waals surface area (Å²) in [5.41, 5.74) is 7.59. The van der Waals surface area contributed by atoms with Gasteiger partial charge in [-0.25, -0.2) is 0 Å². The molecule has 2 rings (SSSR count). The number of aryl methyl sites for hydroxylation is 1. The Kier molecular flexibility index (Phi) is 10.4. The van der Waals surface area contributed by atoms with Crippen molar-refractivity contribution in [2.45, 2.75) is 53.1 Å². The monoisotopic (exact) mass is 428 g/mol. The number of nitrogens with zero attached hydrogens (tertiary/aromatic N) is 2. The van der Waals surface area contributed by atoms with E-state index >= 15 is 0 Å². The van der Waals surface area contributed by atoms with Crippen LogP contribution in [0.3, 0.4) is 0 Å². The van der Waals surface area contributed by atoms with Crippen molar-refractivity contribution in [2.24, 2.45) is 10.9 Å². The van der Waals surface area contributed by atoms with E-state index in [1.54, 1.807) is 6.08 Å². The van der Waals surface area contributed by atoms with E-state index in [9.17, 15) is 0 Å². The number of hydrogen-bond acceptors (Lipinski definition) is 2. The van der Waals surface area contributed by atoms with Crippen LogP contribution in [0.15, 0.2) is 78.8 Å². The Morgan fingerprint density at radius 2 is 1.81 bits per heavy atom. The van der Waals surface area contributed by atoms with Crippen molar-refractivity contribution in [3.63, 3.8) is 0 Å². The zero-order valence-electron chi connectivity index (χ0n) is 20.6. The molecule has 2 aromatic carbocycles. The summed E-state index contributed by atoms with van der Waals surface area (Å²) in [6, 6.07) is 16.1. The van der Waals surface area contributed by atoms with E-state index in [-0.39, 0.29) is 0 Å². The summed E-state index contributed by atoms with van der Waals surface area (Å²) in [4.78, 5) is 7.21. The van der Waals surface area contributed by atoms with Gasteiger partial charge in [0, 0.05) is 24.8 Å². The molecule has 0 amide bonds. The number of rotatable bonds is 12. The van der Waals surface area contributed by atoms with Gasteiger partial charge in [0.25, 0.3) is 0 Å². The lowest BCUT2D eigenvalue weighted by atomic mass is 9.96. The summed E-state index contributed by atoms with van der Waals surface area (Å²) in [5, 5.41) is 0. The van der Waals surface area contributed by atoms with Crippen molar-refractivity contribution < 1.29 is 0 Å². The van der Waals surface area contributed by atoms with Crippen LogP contribution in [-0.4, -0.2) is 24.2 Å². The molecule has 0 spiro atoms. The van der Waals surface area contributed by atoms with E-state index in [1.807, 2.05) is 25.2 Å². The highest BCUT2D eigenvalue weighted by atomic mass is 15.1. The molecule has 1 unspecified atom stereocenters. The third-order valence-corrected chi connectivity index (χ3v) is 5.72. The second kappa shape index (κ2) is 13.0. The Bertz CT molecular complexity index is 932. The van der Waals surface area contributed by atoms with Crippen LogP contribution in [0, 0.1) is 12.8 Å². The first-order chi connectivity index (χ1) is 15.3. The number of aliphatic imine (C=N–C) groups is 1. The summed E-state index contributed by atoms with van der Waals surface area (Å²) < 4.78 is 0. The molecule has 2 aromatic rings. The average Bonchev–Trinajstić information content (AvgIpc) is 2.75. The number of allylic oxidation sites excluding steroid dienone is 3. The van der Waals surface area contributed by atoms with E-state index in [1.165, 1.54) is 27.8 Å². The molecule has 1 atom stereocenters. The Morgan fingerprint density at radius 1 is 1.09 bits per heavy atom. The lowest BCUT2D eigenvalue weighted by Crippen LogP contribution is -2.25. The molecule has 0 aromatic heterocycles. The first kappa shape index (κ1) is 25.5. The van der Waals surface area contributed by atoms with Crippen LogP contribution in [0.25, 0.3) is 6.08 Å². The highest BCUT2D eigenvalue weighted by Crippen LogP contribution is 2.27. The van der Waals surface area contributed by atoms with Crippen LogP contribution in [0.2, 0.25) is 0 Å². The fourth-order valence-electron chi connectivity index (χ4n) is 4.06. The van der Waals surface area contributed by atoms with Crippen LogP contribution in [0.4, 0.5) is 0 Å². The van der Waals surface area contributed by atoms with Crippen molar-refractivity contribution in [3.05, 3.63) is 102 Å². The van der Waals surface area contributed by atoms with Crippen molar-refractivity contribution >= 4 is 11.8 Å². The molecule has 32 heavy (non-hydrogen) atoms. The predicted molar refractivity (Wildman–Crippen MR) is 142 cm³/mol. The van der Waals surface area contributed by atoms with Gasteiger partial charge in [-0.05, 0) is 68.0 Å². The lowest BCUT2D eigenvalue weighted by Gasteiger charge is -2.29. The van der Waals surface area contributed by atoms with Gasteiger partial charge in [0.1, 0.15) is 0 Å². The summed E-state index contributed by atoms with van der Waals surface area (Å²) in [5.74, 6) is 0.666. The highest BCUT2D eigenvalue weighted by Gasteiger charge is 2.18. The minimum Gasteiger partial charge on any atom is -0.295 e. The molecule has 2 nitrogen and oxygen atoms in total. The maximum absolute atomic E-state index is 4.76. The minimum absolute atomic E-state index is 0.293. The van der Waals surface area contributed by atoms with Crippen LogP contribution in [0.5, 0.6) is 0 Å². The van der Waals surface area contributed by atoms with Crippen LogP contribution in [0.1, 0.15) is 61.1 Å². The highest BCUT2D eigenvalue weighted by molar-refractivity contribution is 5.92.